The predicted octanol–water partition coefficient (Wildman–Crippen LogP) is 2.30. The van der Waals surface area contributed by atoms with Gasteiger partial charge in [0.1, 0.15) is 6.33 Å². The summed E-state index contributed by atoms with van der Waals surface area (Å²) in [5.41, 5.74) is 3.53. The van der Waals surface area contributed by atoms with Gasteiger partial charge in [-0.25, -0.2) is 4.98 Å². The molecule has 114 valence electrons. The van der Waals surface area contributed by atoms with Crippen LogP contribution in [0.1, 0.15) is 18.2 Å². The fourth-order valence-corrected chi connectivity index (χ4v) is 2.97. The lowest BCUT2D eigenvalue weighted by Gasteiger charge is -2.15. The molecule has 0 aliphatic rings. The van der Waals surface area contributed by atoms with Crippen molar-refractivity contribution in [3.63, 3.8) is 0 Å². The minimum atomic E-state index is -0.0919. The molecule has 0 atom stereocenters. The first kappa shape index (κ1) is 13.6. The SMILES string of the molecule is CCc1ccccc1-n1c(C)cc2c(cnc3ncnn32)c1=O. The fraction of sp³-hybridized carbons (Fsp3) is 0.176. The average molecular weight is 305 g/mol. The summed E-state index contributed by atoms with van der Waals surface area (Å²) in [7, 11) is 0. The molecule has 0 bridgehead atoms. The number of benzene rings is 1. The number of fused-ring (bicyclic) bond motifs is 3. The molecule has 0 saturated heterocycles. The summed E-state index contributed by atoms with van der Waals surface area (Å²) >= 11 is 0. The number of hydrogen-bond donors (Lipinski definition) is 0. The van der Waals surface area contributed by atoms with E-state index >= 15 is 0 Å². The van der Waals surface area contributed by atoms with Crippen molar-refractivity contribution >= 4 is 16.7 Å². The van der Waals surface area contributed by atoms with Crippen LogP contribution in [0, 0.1) is 6.92 Å². The van der Waals surface area contributed by atoms with Crippen LogP contribution in [0.4, 0.5) is 0 Å². The quantitative estimate of drug-likeness (QED) is 0.570. The van der Waals surface area contributed by atoms with Crippen LogP contribution < -0.4 is 5.56 Å². The maximum absolute atomic E-state index is 13.0. The Kier molecular flexibility index (Phi) is 2.97. The summed E-state index contributed by atoms with van der Waals surface area (Å²) in [6, 6.07) is 9.91. The number of rotatable bonds is 2. The second-order valence-corrected chi connectivity index (χ2v) is 5.44. The van der Waals surface area contributed by atoms with Crippen LogP contribution in [0.25, 0.3) is 22.4 Å². The van der Waals surface area contributed by atoms with E-state index < -0.39 is 0 Å². The molecule has 4 aromatic rings. The van der Waals surface area contributed by atoms with Crippen molar-refractivity contribution in [1.82, 2.24) is 24.1 Å². The zero-order valence-electron chi connectivity index (χ0n) is 12.9. The molecule has 0 aliphatic carbocycles. The van der Waals surface area contributed by atoms with Gasteiger partial charge in [0.15, 0.2) is 0 Å². The monoisotopic (exact) mass is 305 g/mol. The number of pyridine rings is 1. The van der Waals surface area contributed by atoms with E-state index in [1.54, 1.807) is 15.3 Å². The third-order valence-corrected chi connectivity index (χ3v) is 4.09. The van der Waals surface area contributed by atoms with E-state index in [1.165, 1.54) is 6.33 Å². The molecular formula is C17H15N5O. The lowest BCUT2D eigenvalue weighted by Crippen LogP contribution is -2.22. The minimum absolute atomic E-state index is 0.0919. The van der Waals surface area contributed by atoms with Crippen LogP contribution in [-0.4, -0.2) is 24.1 Å². The second-order valence-electron chi connectivity index (χ2n) is 5.44. The Morgan fingerprint density at radius 1 is 1.17 bits per heavy atom. The normalized spacial score (nSPS) is 11.4. The minimum Gasteiger partial charge on any atom is -0.281 e. The van der Waals surface area contributed by atoms with Gasteiger partial charge in [0.2, 0.25) is 0 Å². The molecular weight excluding hydrogens is 290 g/mol. The van der Waals surface area contributed by atoms with Gasteiger partial charge in [-0.2, -0.15) is 14.6 Å². The summed E-state index contributed by atoms with van der Waals surface area (Å²) in [5.74, 6) is 0.489. The van der Waals surface area contributed by atoms with Gasteiger partial charge in [-0.1, -0.05) is 25.1 Å². The van der Waals surface area contributed by atoms with Crippen molar-refractivity contribution in [2.75, 3.05) is 0 Å². The van der Waals surface area contributed by atoms with Gasteiger partial charge in [0, 0.05) is 11.9 Å². The highest BCUT2D eigenvalue weighted by Crippen LogP contribution is 2.18. The van der Waals surface area contributed by atoms with Gasteiger partial charge < -0.3 is 0 Å². The standard InChI is InChI=1S/C17H15N5O/c1-3-12-6-4-5-7-14(12)21-11(2)8-15-13(16(21)23)9-18-17-19-10-20-22(15)17/h4-10H,3H2,1-2H3. The van der Waals surface area contributed by atoms with Crippen LogP contribution in [0.15, 0.2) is 47.7 Å². The number of nitrogens with zero attached hydrogens (tertiary/aromatic N) is 5. The van der Waals surface area contributed by atoms with Gasteiger partial charge in [-0.15, -0.1) is 0 Å². The van der Waals surface area contributed by atoms with E-state index in [1.807, 2.05) is 37.3 Å². The molecule has 6 nitrogen and oxygen atoms in total. The molecule has 0 saturated carbocycles. The average Bonchev–Trinajstić information content (AvgIpc) is 3.04. The van der Waals surface area contributed by atoms with Crippen molar-refractivity contribution < 1.29 is 0 Å². The predicted molar refractivity (Wildman–Crippen MR) is 88.0 cm³/mol. The molecule has 3 aromatic heterocycles. The Hall–Kier alpha value is -3.02. The molecule has 0 radical (unpaired) electrons. The number of hydrogen-bond acceptors (Lipinski definition) is 4. The fourth-order valence-electron chi connectivity index (χ4n) is 2.97. The second kappa shape index (κ2) is 5.01. The topological polar surface area (TPSA) is 65.1 Å². The molecule has 0 N–H and O–H groups in total. The molecule has 1 aromatic carbocycles. The van der Waals surface area contributed by atoms with Crippen molar-refractivity contribution in [2.24, 2.45) is 0 Å². The molecule has 4 rings (SSSR count). The van der Waals surface area contributed by atoms with E-state index in [0.717, 1.165) is 28.9 Å². The molecule has 0 aliphatic heterocycles. The van der Waals surface area contributed by atoms with E-state index in [9.17, 15) is 4.79 Å². The first-order valence-corrected chi connectivity index (χ1v) is 7.50. The first-order chi connectivity index (χ1) is 11.2. The van der Waals surface area contributed by atoms with Gasteiger partial charge in [-0.05, 0) is 31.0 Å². The Balaban J connectivity index is 2.13. The van der Waals surface area contributed by atoms with Crippen molar-refractivity contribution in [2.45, 2.75) is 20.3 Å². The Morgan fingerprint density at radius 3 is 2.83 bits per heavy atom. The largest absolute Gasteiger partial charge is 0.281 e. The lowest BCUT2D eigenvalue weighted by atomic mass is 10.1. The maximum atomic E-state index is 13.0. The van der Waals surface area contributed by atoms with E-state index in [0.29, 0.717) is 11.2 Å². The lowest BCUT2D eigenvalue weighted by molar-refractivity contribution is 0.909. The van der Waals surface area contributed by atoms with Crippen LogP contribution in [-0.2, 0) is 6.42 Å². The molecule has 3 heterocycles. The van der Waals surface area contributed by atoms with Crippen LogP contribution in [0.2, 0.25) is 0 Å². The van der Waals surface area contributed by atoms with Gasteiger partial charge in [0.05, 0.1) is 16.6 Å². The Bertz CT molecular complexity index is 1090. The van der Waals surface area contributed by atoms with Gasteiger partial charge >= 0.3 is 0 Å². The van der Waals surface area contributed by atoms with E-state index in [-0.39, 0.29) is 5.56 Å². The van der Waals surface area contributed by atoms with Crippen LogP contribution in [0.3, 0.4) is 0 Å². The maximum Gasteiger partial charge on any atom is 0.266 e. The third kappa shape index (κ3) is 1.95. The summed E-state index contributed by atoms with van der Waals surface area (Å²) in [6.45, 7) is 4.01. The summed E-state index contributed by atoms with van der Waals surface area (Å²) in [6.07, 6.45) is 3.88. The highest BCUT2D eigenvalue weighted by Gasteiger charge is 2.13. The number of aromatic nitrogens is 5. The zero-order chi connectivity index (χ0) is 16.0. The van der Waals surface area contributed by atoms with Crippen molar-refractivity contribution in [3.8, 4) is 5.69 Å². The summed E-state index contributed by atoms with van der Waals surface area (Å²) in [4.78, 5) is 21.3. The molecule has 0 amide bonds. The number of aryl methyl sites for hydroxylation is 2. The summed E-state index contributed by atoms with van der Waals surface area (Å²) in [5, 5.41) is 4.69. The highest BCUT2D eigenvalue weighted by molar-refractivity contribution is 5.79. The zero-order valence-corrected chi connectivity index (χ0v) is 12.9. The Morgan fingerprint density at radius 2 is 2.00 bits per heavy atom. The third-order valence-electron chi connectivity index (χ3n) is 4.09. The molecule has 0 unspecified atom stereocenters. The first-order valence-electron chi connectivity index (χ1n) is 7.50. The van der Waals surface area contributed by atoms with Gasteiger partial charge in [-0.3, -0.25) is 9.36 Å². The Labute approximate surface area is 132 Å². The molecule has 0 fully saturated rings. The smallest absolute Gasteiger partial charge is 0.266 e. The summed E-state index contributed by atoms with van der Waals surface area (Å²) < 4.78 is 3.34. The molecule has 23 heavy (non-hydrogen) atoms. The molecule has 0 spiro atoms. The van der Waals surface area contributed by atoms with E-state index in [4.69, 9.17) is 0 Å². The highest BCUT2D eigenvalue weighted by atomic mass is 16.1. The van der Waals surface area contributed by atoms with Crippen LogP contribution >= 0.6 is 0 Å². The van der Waals surface area contributed by atoms with Crippen molar-refractivity contribution in [1.29, 1.82) is 0 Å². The van der Waals surface area contributed by atoms with Gasteiger partial charge in [0.25, 0.3) is 11.3 Å². The van der Waals surface area contributed by atoms with E-state index in [2.05, 4.69) is 22.0 Å². The molecule has 6 heteroatoms. The van der Waals surface area contributed by atoms with Crippen molar-refractivity contribution in [3.05, 3.63) is 64.5 Å². The number of para-hydroxylation sites is 1. The van der Waals surface area contributed by atoms with Crippen LogP contribution in [0.5, 0.6) is 0 Å².